The van der Waals surface area contributed by atoms with Crippen LogP contribution in [0.15, 0.2) is 48.6 Å². The Morgan fingerprint density at radius 1 is 0.449 bits per heavy atom. The van der Waals surface area contributed by atoms with Crippen molar-refractivity contribution in [1.29, 1.82) is 0 Å². The average molecular weight is 1120 g/mol. The third-order valence-corrected chi connectivity index (χ3v) is 16.0. The number of allylic oxidation sites excluding steroid dienone is 7. The SMILES string of the molecule is CCCCC/C=C\C/C=C\CCCCCCCCCCCCCCCCCCCC(=O)OC(/C=C\CCCCCCCCCCC)C(COP(=O)(O)OCC[N+](C)(C)C)NC(=O)CCCCC/C=C\CCCCCCCCC. The maximum atomic E-state index is 13.5. The number of nitrogens with one attached hydrogen (secondary N) is 1. The van der Waals surface area contributed by atoms with Crippen LogP contribution in [-0.4, -0.2) is 74.3 Å². The van der Waals surface area contributed by atoms with Crippen molar-refractivity contribution in [2.45, 2.75) is 335 Å². The number of nitrogens with zero attached hydrogens (tertiary/aromatic N) is 1. The third-order valence-electron chi connectivity index (χ3n) is 15.0. The van der Waals surface area contributed by atoms with Crippen molar-refractivity contribution in [3.05, 3.63) is 48.6 Å². The first kappa shape index (κ1) is 76.0. The minimum atomic E-state index is -4.45. The van der Waals surface area contributed by atoms with Gasteiger partial charge in [0.05, 0.1) is 33.8 Å². The van der Waals surface area contributed by atoms with Gasteiger partial charge in [-0.25, -0.2) is 4.57 Å². The second-order valence-corrected chi connectivity index (χ2v) is 25.4. The number of likely N-dealkylation sites (N-methyl/N-ethyl adjacent to an activating group) is 1. The van der Waals surface area contributed by atoms with E-state index in [1.165, 1.54) is 212 Å². The molecule has 3 unspecified atom stereocenters. The Kier molecular flexibility index (Phi) is 56.7. The molecule has 0 aromatic carbocycles. The summed E-state index contributed by atoms with van der Waals surface area (Å²) in [6, 6.07) is -0.853. The summed E-state index contributed by atoms with van der Waals surface area (Å²) < 4.78 is 30.7. The van der Waals surface area contributed by atoms with Gasteiger partial charge in [-0.05, 0) is 89.5 Å². The molecule has 0 aliphatic rings. The number of carbonyl (C=O) groups is 2. The van der Waals surface area contributed by atoms with Crippen LogP contribution in [0.3, 0.4) is 0 Å². The zero-order valence-corrected chi connectivity index (χ0v) is 53.3. The fraction of sp³-hybridized carbons (Fsp3) is 0.853. The van der Waals surface area contributed by atoms with E-state index in [1.807, 2.05) is 33.3 Å². The molecule has 0 saturated carbocycles. The van der Waals surface area contributed by atoms with E-state index in [-0.39, 0.29) is 25.1 Å². The lowest BCUT2D eigenvalue weighted by molar-refractivity contribution is -0.870. The van der Waals surface area contributed by atoms with E-state index in [0.29, 0.717) is 23.9 Å². The number of phosphoric ester groups is 1. The molecule has 0 aliphatic heterocycles. The Bertz CT molecular complexity index is 1470. The molecule has 0 aromatic heterocycles. The quantitative estimate of drug-likeness (QED) is 0.0205. The van der Waals surface area contributed by atoms with Crippen LogP contribution in [0.5, 0.6) is 0 Å². The lowest BCUT2D eigenvalue weighted by Gasteiger charge is -2.27. The van der Waals surface area contributed by atoms with Gasteiger partial charge >= 0.3 is 13.8 Å². The number of quaternary nitrogens is 1. The summed E-state index contributed by atoms with van der Waals surface area (Å²) in [6.07, 6.45) is 72.7. The highest BCUT2D eigenvalue weighted by molar-refractivity contribution is 7.47. The van der Waals surface area contributed by atoms with Crippen LogP contribution in [0.25, 0.3) is 0 Å². The predicted molar refractivity (Wildman–Crippen MR) is 337 cm³/mol. The van der Waals surface area contributed by atoms with Gasteiger partial charge in [-0.3, -0.25) is 18.6 Å². The molecule has 458 valence electrons. The zero-order chi connectivity index (χ0) is 57.2. The van der Waals surface area contributed by atoms with Crippen LogP contribution in [0, 0.1) is 0 Å². The fourth-order valence-corrected chi connectivity index (χ4v) is 10.5. The minimum absolute atomic E-state index is 0.0389. The van der Waals surface area contributed by atoms with E-state index in [2.05, 4.69) is 62.5 Å². The molecule has 0 radical (unpaired) electrons. The van der Waals surface area contributed by atoms with E-state index in [9.17, 15) is 19.0 Å². The van der Waals surface area contributed by atoms with Gasteiger partial charge in [0.1, 0.15) is 19.3 Å². The van der Waals surface area contributed by atoms with E-state index in [0.717, 1.165) is 77.0 Å². The van der Waals surface area contributed by atoms with Crippen molar-refractivity contribution in [2.24, 2.45) is 0 Å². The number of carbonyl (C=O) groups excluding carboxylic acids is 2. The lowest BCUT2D eigenvalue weighted by atomic mass is 10.0. The molecule has 0 aliphatic carbocycles. The van der Waals surface area contributed by atoms with Gasteiger partial charge in [0.15, 0.2) is 0 Å². The first-order chi connectivity index (χ1) is 37.9. The van der Waals surface area contributed by atoms with E-state index < -0.39 is 20.0 Å². The van der Waals surface area contributed by atoms with Crippen LogP contribution >= 0.6 is 7.82 Å². The van der Waals surface area contributed by atoms with Gasteiger partial charge in [0.25, 0.3) is 0 Å². The number of ether oxygens (including phenoxy) is 1. The third kappa shape index (κ3) is 58.6. The molecule has 9 nitrogen and oxygen atoms in total. The predicted octanol–water partition coefficient (Wildman–Crippen LogP) is 20.8. The normalized spacial score (nSPS) is 13.9. The monoisotopic (exact) mass is 1120 g/mol. The van der Waals surface area contributed by atoms with Crippen molar-refractivity contribution >= 4 is 19.7 Å². The zero-order valence-electron chi connectivity index (χ0n) is 52.4. The van der Waals surface area contributed by atoms with Crippen LogP contribution < -0.4 is 5.32 Å². The topological polar surface area (TPSA) is 111 Å². The minimum Gasteiger partial charge on any atom is -0.456 e. The number of hydrogen-bond acceptors (Lipinski definition) is 6. The second-order valence-electron chi connectivity index (χ2n) is 24.0. The van der Waals surface area contributed by atoms with Crippen LogP contribution in [-0.2, 0) is 27.9 Å². The van der Waals surface area contributed by atoms with Crippen LogP contribution in [0.4, 0.5) is 0 Å². The molecule has 10 heteroatoms. The summed E-state index contributed by atoms with van der Waals surface area (Å²) in [5.41, 5.74) is 0. The summed E-state index contributed by atoms with van der Waals surface area (Å²) in [6.45, 7) is 7.00. The van der Waals surface area contributed by atoms with Gasteiger partial charge in [-0.2, -0.15) is 0 Å². The number of esters is 1. The molecule has 1 amide bonds. The molecule has 2 N–H and O–H groups in total. The standard InChI is InChI=1S/C68H129N2O7P/c1-7-10-13-16-19-22-25-27-29-30-31-32-33-34-35-36-37-38-39-40-41-43-46-49-52-55-58-61-68(72)77-66(59-56-53-50-47-44-24-21-18-15-12-9-3)65(64-76-78(73,74)75-63-62-70(4,5)6)69-67(71)60-57-54-51-48-45-42-28-26-23-20-17-14-11-8-2/h19,22,27,29,42,45,56,59,65-66H,7-18,20-21,23-26,28,30-41,43-44,46-55,57-58,60-64H2,1-6H3,(H-,69,71,73,74)/p+1/b22-19-,29-27-,45-42-,59-56-. The lowest BCUT2D eigenvalue weighted by Crippen LogP contribution is -2.47. The van der Waals surface area contributed by atoms with E-state index in [4.69, 9.17) is 13.8 Å². The molecule has 0 saturated heterocycles. The highest BCUT2D eigenvalue weighted by atomic mass is 31.2. The Balaban J connectivity index is 4.97. The molecule has 3 atom stereocenters. The summed E-state index contributed by atoms with van der Waals surface area (Å²) in [5.74, 6) is -0.512. The highest BCUT2D eigenvalue weighted by Crippen LogP contribution is 2.43. The summed E-state index contributed by atoms with van der Waals surface area (Å²) in [4.78, 5) is 37.7. The first-order valence-electron chi connectivity index (χ1n) is 33.5. The Morgan fingerprint density at radius 3 is 1.21 bits per heavy atom. The highest BCUT2D eigenvalue weighted by Gasteiger charge is 2.30. The number of amides is 1. The molecule has 0 aromatic rings. The van der Waals surface area contributed by atoms with Gasteiger partial charge < -0.3 is 19.4 Å². The van der Waals surface area contributed by atoms with Crippen molar-refractivity contribution < 1.29 is 37.3 Å². The van der Waals surface area contributed by atoms with Gasteiger partial charge in [-0.15, -0.1) is 0 Å². The summed E-state index contributed by atoms with van der Waals surface area (Å²) in [5, 5.41) is 3.05. The van der Waals surface area contributed by atoms with E-state index in [1.54, 1.807) is 0 Å². The second kappa shape index (κ2) is 58.2. The van der Waals surface area contributed by atoms with Gasteiger partial charge in [0.2, 0.25) is 5.91 Å². The molecule has 0 rings (SSSR count). The fourth-order valence-electron chi connectivity index (χ4n) is 9.79. The Hall–Kier alpha value is -2.03. The van der Waals surface area contributed by atoms with Crippen LogP contribution in [0.1, 0.15) is 323 Å². The largest absolute Gasteiger partial charge is 0.472 e. The Morgan fingerprint density at radius 2 is 0.782 bits per heavy atom. The maximum absolute atomic E-state index is 13.5. The van der Waals surface area contributed by atoms with Crippen molar-refractivity contribution in [3.63, 3.8) is 0 Å². The average Bonchev–Trinajstić information content (AvgIpc) is 3.40. The number of hydrogen-bond donors (Lipinski definition) is 2. The molecule has 78 heavy (non-hydrogen) atoms. The number of phosphoric acid groups is 1. The maximum Gasteiger partial charge on any atom is 0.472 e. The first-order valence-corrected chi connectivity index (χ1v) is 35.0. The molecular formula is C68H130N2O7P+. The van der Waals surface area contributed by atoms with E-state index >= 15 is 0 Å². The van der Waals surface area contributed by atoms with Gasteiger partial charge in [-0.1, -0.05) is 269 Å². The molecule has 0 bridgehead atoms. The van der Waals surface area contributed by atoms with Gasteiger partial charge in [0, 0.05) is 12.8 Å². The molecule has 0 heterocycles. The van der Waals surface area contributed by atoms with Crippen molar-refractivity contribution in [3.8, 4) is 0 Å². The van der Waals surface area contributed by atoms with Crippen molar-refractivity contribution in [2.75, 3.05) is 40.9 Å². The smallest absolute Gasteiger partial charge is 0.456 e. The van der Waals surface area contributed by atoms with Crippen LogP contribution in [0.2, 0.25) is 0 Å². The molecule has 0 spiro atoms. The summed E-state index contributed by atoms with van der Waals surface area (Å²) >= 11 is 0. The summed E-state index contributed by atoms with van der Waals surface area (Å²) in [7, 11) is 1.50. The molecular weight excluding hydrogens is 988 g/mol. The van der Waals surface area contributed by atoms with Crippen molar-refractivity contribution in [1.82, 2.24) is 5.32 Å². The number of unbranched alkanes of at least 4 members (excludes halogenated alkanes) is 39. The number of rotatable bonds is 61. The Labute approximate surface area is 484 Å². The molecule has 0 fully saturated rings.